The molecule has 1 aromatic carbocycles. The fourth-order valence-corrected chi connectivity index (χ4v) is 2.53. The van der Waals surface area contributed by atoms with E-state index in [0.717, 1.165) is 48.2 Å². The fraction of sp³-hybridized carbons (Fsp3) is 0.471. The van der Waals surface area contributed by atoms with Crippen LogP contribution in [0.3, 0.4) is 0 Å². The number of hydrogen-bond acceptors (Lipinski definition) is 4. The maximum absolute atomic E-state index is 9.48. The Hall–Kier alpha value is -1.65. The minimum Gasteiger partial charge on any atom is -0.392 e. The summed E-state index contributed by atoms with van der Waals surface area (Å²) in [5.41, 5.74) is 0.887. The van der Waals surface area contributed by atoms with Gasteiger partial charge >= 0.3 is 0 Å². The predicted molar refractivity (Wildman–Crippen MR) is 88.7 cm³/mol. The van der Waals surface area contributed by atoms with E-state index in [-0.39, 0.29) is 6.61 Å². The minimum absolute atomic E-state index is 0.0271. The minimum atomic E-state index is 0.0271. The molecule has 21 heavy (non-hydrogen) atoms. The van der Waals surface area contributed by atoms with E-state index in [0.29, 0.717) is 0 Å². The van der Waals surface area contributed by atoms with Crippen LogP contribution in [0.15, 0.2) is 30.5 Å². The summed E-state index contributed by atoms with van der Waals surface area (Å²) in [4.78, 5) is 9.15. The molecule has 0 saturated carbocycles. The normalized spacial score (nSPS) is 11.3. The van der Waals surface area contributed by atoms with Gasteiger partial charge in [0.15, 0.2) is 0 Å². The number of anilines is 1. The van der Waals surface area contributed by atoms with Crippen molar-refractivity contribution < 1.29 is 5.11 Å². The Balaban J connectivity index is 2.42. The summed E-state index contributed by atoms with van der Waals surface area (Å²) in [6.07, 6.45) is 2.89. The number of aliphatic hydroxyl groups excluding tert-OH is 1. The van der Waals surface area contributed by atoms with Gasteiger partial charge in [-0.2, -0.15) is 0 Å². The monoisotopic (exact) mass is 287 g/mol. The molecule has 0 aliphatic rings. The maximum atomic E-state index is 9.48. The first-order valence-electron chi connectivity index (χ1n) is 7.54. The summed E-state index contributed by atoms with van der Waals surface area (Å²) in [6.45, 7) is 5.16. The third-order valence-corrected chi connectivity index (χ3v) is 3.64. The lowest BCUT2D eigenvalue weighted by Gasteiger charge is -2.26. The van der Waals surface area contributed by atoms with E-state index >= 15 is 0 Å². The lowest BCUT2D eigenvalue weighted by Crippen LogP contribution is -2.33. The van der Waals surface area contributed by atoms with E-state index in [1.165, 1.54) is 0 Å². The highest BCUT2D eigenvalue weighted by molar-refractivity contribution is 5.94. The van der Waals surface area contributed by atoms with Crippen LogP contribution in [-0.4, -0.2) is 48.7 Å². The third-order valence-electron chi connectivity index (χ3n) is 3.64. The number of likely N-dealkylation sites (N-methyl/N-ethyl adjacent to an activating group) is 1. The Labute approximate surface area is 127 Å². The Morgan fingerprint density at radius 1 is 1.05 bits per heavy atom. The van der Waals surface area contributed by atoms with Crippen molar-refractivity contribution in [3.05, 3.63) is 36.0 Å². The second-order valence-electron chi connectivity index (χ2n) is 5.60. The fourth-order valence-electron chi connectivity index (χ4n) is 2.53. The molecule has 1 aromatic heterocycles. The Bertz CT molecular complexity index is 583. The lowest BCUT2D eigenvalue weighted by atomic mass is 10.1. The van der Waals surface area contributed by atoms with Crippen molar-refractivity contribution in [2.75, 3.05) is 38.6 Å². The maximum Gasteiger partial charge on any atom is 0.136 e. The van der Waals surface area contributed by atoms with Crippen LogP contribution < -0.4 is 4.90 Å². The van der Waals surface area contributed by atoms with Crippen molar-refractivity contribution in [1.29, 1.82) is 0 Å². The number of rotatable bonds is 7. The molecule has 0 atom stereocenters. The number of pyridine rings is 1. The van der Waals surface area contributed by atoms with Gasteiger partial charge in [0.25, 0.3) is 0 Å². The van der Waals surface area contributed by atoms with Crippen molar-refractivity contribution in [1.82, 2.24) is 9.88 Å². The van der Waals surface area contributed by atoms with Crippen molar-refractivity contribution >= 4 is 16.6 Å². The zero-order valence-corrected chi connectivity index (χ0v) is 13.2. The highest BCUT2D eigenvalue weighted by Gasteiger charge is 2.13. The number of fused-ring (bicyclic) bond motifs is 1. The number of aliphatic hydroxyl groups is 1. The second-order valence-corrected chi connectivity index (χ2v) is 5.60. The summed E-state index contributed by atoms with van der Waals surface area (Å²) < 4.78 is 0. The number of benzene rings is 1. The summed E-state index contributed by atoms with van der Waals surface area (Å²) in [5.74, 6) is 1.02. The van der Waals surface area contributed by atoms with E-state index in [4.69, 9.17) is 0 Å². The van der Waals surface area contributed by atoms with Gasteiger partial charge in [0.05, 0.1) is 6.61 Å². The van der Waals surface area contributed by atoms with Crippen molar-refractivity contribution in [3.63, 3.8) is 0 Å². The van der Waals surface area contributed by atoms with E-state index < -0.39 is 0 Å². The van der Waals surface area contributed by atoms with Gasteiger partial charge in [0.1, 0.15) is 5.82 Å². The Kier molecular flexibility index (Phi) is 5.53. The third kappa shape index (κ3) is 3.71. The lowest BCUT2D eigenvalue weighted by molar-refractivity contribution is 0.283. The molecule has 0 amide bonds. The molecule has 0 fully saturated rings. The quantitative estimate of drug-likeness (QED) is 0.849. The van der Waals surface area contributed by atoms with Crippen LogP contribution in [0.25, 0.3) is 10.8 Å². The van der Waals surface area contributed by atoms with Gasteiger partial charge in [0, 0.05) is 36.8 Å². The molecule has 2 aromatic rings. The van der Waals surface area contributed by atoms with Crippen LogP contribution in [-0.2, 0) is 6.61 Å². The first-order chi connectivity index (χ1) is 10.2. The van der Waals surface area contributed by atoms with Crippen molar-refractivity contribution in [2.24, 2.45) is 0 Å². The van der Waals surface area contributed by atoms with Gasteiger partial charge < -0.3 is 14.9 Å². The molecule has 0 bridgehead atoms. The topological polar surface area (TPSA) is 39.6 Å². The van der Waals surface area contributed by atoms with Crippen molar-refractivity contribution in [3.8, 4) is 0 Å². The van der Waals surface area contributed by atoms with Crippen LogP contribution in [0.5, 0.6) is 0 Å². The molecule has 1 heterocycles. The molecule has 4 heteroatoms. The molecule has 114 valence electrons. The van der Waals surface area contributed by atoms with Crippen LogP contribution in [0.1, 0.15) is 18.9 Å². The van der Waals surface area contributed by atoms with Gasteiger partial charge in [-0.05, 0) is 25.9 Å². The Morgan fingerprint density at radius 2 is 1.76 bits per heavy atom. The standard InChI is InChI=1S/C17H25N3O/c1-4-9-20(11-10-19(2)3)17-16-8-6-5-7-15(16)14(13-21)12-18-17/h5-8,12,21H,4,9-11,13H2,1-3H3. The van der Waals surface area contributed by atoms with Crippen LogP contribution >= 0.6 is 0 Å². The average molecular weight is 287 g/mol. The molecular weight excluding hydrogens is 262 g/mol. The van der Waals surface area contributed by atoms with Gasteiger partial charge in [-0.1, -0.05) is 31.2 Å². The molecule has 0 aliphatic heterocycles. The highest BCUT2D eigenvalue weighted by Crippen LogP contribution is 2.27. The van der Waals surface area contributed by atoms with E-state index in [9.17, 15) is 5.11 Å². The second kappa shape index (κ2) is 7.38. The van der Waals surface area contributed by atoms with Gasteiger partial charge in [-0.15, -0.1) is 0 Å². The zero-order chi connectivity index (χ0) is 15.2. The smallest absolute Gasteiger partial charge is 0.136 e. The number of hydrogen-bond donors (Lipinski definition) is 1. The molecule has 0 spiro atoms. The van der Waals surface area contributed by atoms with Gasteiger partial charge in [0.2, 0.25) is 0 Å². The van der Waals surface area contributed by atoms with Crippen LogP contribution in [0.2, 0.25) is 0 Å². The molecule has 0 aliphatic carbocycles. The molecule has 1 N–H and O–H groups in total. The SMILES string of the molecule is CCCN(CCN(C)C)c1ncc(CO)c2ccccc12. The van der Waals surface area contributed by atoms with E-state index in [2.05, 4.69) is 47.9 Å². The first kappa shape index (κ1) is 15.7. The van der Waals surface area contributed by atoms with E-state index in [1.807, 2.05) is 12.1 Å². The molecule has 4 nitrogen and oxygen atoms in total. The largest absolute Gasteiger partial charge is 0.392 e. The average Bonchev–Trinajstić information content (AvgIpc) is 2.50. The summed E-state index contributed by atoms with van der Waals surface area (Å²) in [5, 5.41) is 11.7. The molecular formula is C17H25N3O. The first-order valence-corrected chi connectivity index (χ1v) is 7.54. The molecule has 0 radical (unpaired) electrons. The van der Waals surface area contributed by atoms with Crippen molar-refractivity contribution in [2.45, 2.75) is 20.0 Å². The zero-order valence-electron chi connectivity index (χ0n) is 13.2. The number of aromatic nitrogens is 1. The van der Waals surface area contributed by atoms with Gasteiger partial charge in [-0.3, -0.25) is 0 Å². The van der Waals surface area contributed by atoms with Crippen LogP contribution in [0.4, 0.5) is 5.82 Å². The van der Waals surface area contributed by atoms with E-state index in [1.54, 1.807) is 6.20 Å². The Morgan fingerprint density at radius 3 is 2.38 bits per heavy atom. The van der Waals surface area contributed by atoms with Gasteiger partial charge in [-0.25, -0.2) is 4.98 Å². The van der Waals surface area contributed by atoms with Crippen LogP contribution in [0, 0.1) is 0 Å². The number of nitrogens with zero attached hydrogens (tertiary/aromatic N) is 3. The summed E-state index contributed by atoms with van der Waals surface area (Å²) >= 11 is 0. The summed E-state index contributed by atoms with van der Waals surface area (Å²) in [7, 11) is 4.18. The highest BCUT2D eigenvalue weighted by atomic mass is 16.3. The molecule has 2 rings (SSSR count). The molecule has 0 unspecified atom stereocenters. The predicted octanol–water partition coefficient (Wildman–Crippen LogP) is 2.51. The summed E-state index contributed by atoms with van der Waals surface area (Å²) in [6, 6.07) is 8.19. The molecule has 0 saturated heterocycles.